The molecule has 0 amide bonds. The molecule has 0 saturated heterocycles. The summed E-state index contributed by atoms with van der Waals surface area (Å²) < 4.78 is 53.9. The highest BCUT2D eigenvalue weighted by Crippen LogP contribution is 2.04. The fourth-order valence-corrected chi connectivity index (χ4v) is 3.83. The van der Waals surface area contributed by atoms with E-state index in [4.69, 9.17) is 0 Å². The number of hydrogen-bond acceptors (Lipinski definition) is 8. The Balaban J connectivity index is 4.52. The van der Waals surface area contributed by atoms with E-state index in [0.717, 1.165) is 19.3 Å². The van der Waals surface area contributed by atoms with Crippen LogP contribution in [0.15, 0.2) is 12.2 Å². The van der Waals surface area contributed by atoms with Gasteiger partial charge in [0.1, 0.15) is 6.61 Å². The van der Waals surface area contributed by atoms with Gasteiger partial charge in [0.25, 0.3) is 0 Å². The minimum atomic E-state index is -3.99. The summed E-state index contributed by atoms with van der Waals surface area (Å²) in [6, 6.07) is 0. The summed E-state index contributed by atoms with van der Waals surface area (Å²) in [4.78, 5) is 21.8. The topological polar surface area (TPSA) is 124 Å². The van der Waals surface area contributed by atoms with Crippen molar-refractivity contribution >= 4 is 32.0 Å². The minimum absolute atomic E-state index is 0.206. The Hall–Kier alpha value is -1.46. The van der Waals surface area contributed by atoms with Crippen molar-refractivity contribution < 1.29 is 35.9 Å². The number of methoxy groups -OCH3 is 1. The van der Waals surface area contributed by atoms with Gasteiger partial charge in [-0.1, -0.05) is 3.71 Å². The number of esters is 2. The lowest BCUT2D eigenvalue weighted by Crippen LogP contribution is -2.38. The molecule has 0 unspecified atom stereocenters. The van der Waals surface area contributed by atoms with Crippen LogP contribution in [0.5, 0.6) is 0 Å². The highest BCUT2D eigenvalue weighted by atomic mass is 32.3. The van der Waals surface area contributed by atoms with Crippen LogP contribution in [0.25, 0.3) is 0 Å². The molecule has 0 atom stereocenters. The Morgan fingerprint density at radius 2 is 1.45 bits per heavy atom. The molecular formula is C9H15NO8S2. The van der Waals surface area contributed by atoms with Crippen LogP contribution in [0, 0.1) is 0 Å². The summed E-state index contributed by atoms with van der Waals surface area (Å²) >= 11 is 0. The first-order valence-electron chi connectivity index (χ1n) is 5.09. The van der Waals surface area contributed by atoms with Crippen molar-refractivity contribution in [1.29, 1.82) is 0 Å². The Bertz CT molecular complexity index is 557. The molecular weight excluding hydrogens is 314 g/mol. The first-order chi connectivity index (χ1) is 8.98. The molecule has 0 fully saturated rings. The average Bonchev–Trinajstić information content (AvgIpc) is 2.28. The van der Waals surface area contributed by atoms with Crippen LogP contribution in [0.1, 0.15) is 0 Å². The lowest BCUT2D eigenvalue weighted by atomic mass is 10.5. The Labute approximate surface area is 117 Å². The fraction of sp³-hybridized carbons (Fsp3) is 0.556. The molecule has 116 valence electrons. The number of nitrogens with zero attached hydrogens (tertiary/aromatic N) is 1. The molecule has 0 aromatic heterocycles. The van der Waals surface area contributed by atoms with E-state index in [1.807, 2.05) is 0 Å². The number of ether oxygens (including phenoxy) is 2. The third-order valence-corrected chi connectivity index (χ3v) is 5.28. The van der Waals surface area contributed by atoms with Gasteiger partial charge in [-0.15, -0.1) is 0 Å². The second-order valence-electron chi connectivity index (χ2n) is 3.55. The molecule has 0 aliphatic rings. The molecule has 0 heterocycles. The molecule has 0 saturated carbocycles. The van der Waals surface area contributed by atoms with Crippen LogP contribution in [0.3, 0.4) is 0 Å². The predicted octanol–water partition coefficient (Wildman–Crippen LogP) is -1.52. The highest BCUT2D eigenvalue weighted by molar-refractivity contribution is 8.03. The van der Waals surface area contributed by atoms with Gasteiger partial charge in [-0.05, 0) is 0 Å². The van der Waals surface area contributed by atoms with Crippen molar-refractivity contribution in [3.8, 4) is 0 Å². The van der Waals surface area contributed by atoms with Crippen molar-refractivity contribution in [3.05, 3.63) is 12.2 Å². The van der Waals surface area contributed by atoms with Crippen LogP contribution in [0.2, 0.25) is 0 Å². The number of carbonyl (C=O) groups is 2. The SMILES string of the molecule is COC(=O)C=CC(=O)OCCN(S(C)(=O)=O)S(C)(=O)=O. The number of carbonyl (C=O) groups excluding carboxylic acids is 2. The van der Waals surface area contributed by atoms with E-state index >= 15 is 0 Å². The molecule has 0 rings (SSSR count). The summed E-state index contributed by atoms with van der Waals surface area (Å²) in [5.74, 6) is -1.70. The van der Waals surface area contributed by atoms with E-state index in [0.29, 0.717) is 12.5 Å². The Kier molecular flexibility index (Phi) is 6.82. The third-order valence-electron chi connectivity index (χ3n) is 1.81. The smallest absolute Gasteiger partial charge is 0.331 e. The molecule has 0 aromatic rings. The van der Waals surface area contributed by atoms with Crippen LogP contribution < -0.4 is 0 Å². The van der Waals surface area contributed by atoms with Gasteiger partial charge in [0.05, 0.1) is 26.2 Å². The third kappa shape index (κ3) is 7.21. The zero-order chi connectivity index (χ0) is 16.0. The maximum atomic E-state index is 11.2. The summed E-state index contributed by atoms with van der Waals surface area (Å²) in [6.45, 7) is -1.03. The summed E-state index contributed by atoms with van der Waals surface area (Å²) in [6.07, 6.45) is 3.02. The lowest BCUT2D eigenvalue weighted by molar-refractivity contribution is -0.139. The predicted molar refractivity (Wildman–Crippen MR) is 68.5 cm³/mol. The molecule has 0 spiro atoms. The van der Waals surface area contributed by atoms with E-state index in [1.54, 1.807) is 0 Å². The Morgan fingerprint density at radius 3 is 1.85 bits per heavy atom. The summed E-state index contributed by atoms with van der Waals surface area (Å²) in [5.41, 5.74) is 0. The highest BCUT2D eigenvalue weighted by Gasteiger charge is 2.26. The maximum Gasteiger partial charge on any atom is 0.331 e. The van der Waals surface area contributed by atoms with Crippen molar-refractivity contribution in [1.82, 2.24) is 3.71 Å². The first kappa shape index (κ1) is 18.5. The number of rotatable bonds is 7. The van der Waals surface area contributed by atoms with Gasteiger partial charge >= 0.3 is 11.9 Å². The number of sulfonamides is 2. The van der Waals surface area contributed by atoms with Crippen molar-refractivity contribution in [3.63, 3.8) is 0 Å². The fourth-order valence-electron chi connectivity index (χ4n) is 1.05. The van der Waals surface area contributed by atoms with Gasteiger partial charge in [0, 0.05) is 12.2 Å². The van der Waals surface area contributed by atoms with Gasteiger partial charge in [0.15, 0.2) is 0 Å². The van der Waals surface area contributed by atoms with Gasteiger partial charge in [0.2, 0.25) is 20.0 Å². The normalized spacial score (nSPS) is 12.6. The largest absolute Gasteiger partial charge is 0.466 e. The molecule has 0 aliphatic heterocycles. The monoisotopic (exact) mass is 329 g/mol. The second-order valence-corrected chi connectivity index (χ2v) is 7.59. The molecule has 11 heteroatoms. The van der Waals surface area contributed by atoms with Gasteiger partial charge in [-0.25, -0.2) is 26.4 Å². The summed E-state index contributed by atoms with van der Waals surface area (Å²) in [5, 5.41) is 0. The van der Waals surface area contributed by atoms with E-state index in [9.17, 15) is 26.4 Å². The zero-order valence-corrected chi connectivity index (χ0v) is 12.7. The molecule has 0 aromatic carbocycles. The van der Waals surface area contributed by atoms with Crippen LogP contribution in [-0.4, -0.2) is 65.3 Å². The van der Waals surface area contributed by atoms with Crippen molar-refractivity contribution in [2.24, 2.45) is 0 Å². The van der Waals surface area contributed by atoms with Crippen LogP contribution in [-0.2, 0) is 39.1 Å². The van der Waals surface area contributed by atoms with E-state index in [2.05, 4.69) is 9.47 Å². The van der Waals surface area contributed by atoms with Crippen LogP contribution >= 0.6 is 0 Å². The van der Waals surface area contributed by atoms with Crippen LogP contribution in [0.4, 0.5) is 0 Å². The molecule has 0 N–H and O–H groups in total. The zero-order valence-electron chi connectivity index (χ0n) is 11.1. The molecule has 0 bridgehead atoms. The lowest BCUT2D eigenvalue weighted by Gasteiger charge is -2.16. The van der Waals surface area contributed by atoms with Gasteiger partial charge in [-0.2, -0.15) is 0 Å². The Morgan fingerprint density at radius 1 is 1.00 bits per heavy atom. The molecule has 20 heavy (non-hydrogen) atoms. The van der Waals surface area contributed by atoms with Gasteiger partial charge in [-0.3, -0.25) is 0 Å². The van der Waals surface area contributed by atoms with E-state index in [-0.39, 0.29) is 3.71 Å². The maximum absolute atomic E-state index is 11.2. The van der Waals surface area contributed by atoms with E-state index in [1.165, 1.54) is 0 Å². The van der Waals surface area contributed by atoms with E-state index < -0.39 is 45.1 Å². The molecule has 0 aliphatic carbocycles. The quantitative estimate of drug-likeness (QED) is 0.407. The molecule has 9 nitrogen and oxygen atoms in total. The second kappa shape index (κ2) is 7.36. The van der Waals surface area contributed by atoms with Crippen molar-refractivity contribution in [2.45, 2.75) is 0 Å². The number of hydrogen-bond donors (Lipinski definition) is 0. The minimum Gasteiger partial charge on any atom is -0.466 e. The van der Waals surface area contributed by atoms with Gasteiger partial charge < -0.3 is 9.47 Å². The van der Waals surface area contributed by atoms with Crippen molar-refractivity contribution in [2.75, 3.05) is 32.8 Å². The standard InChI is InChI=1S/C9H15NO8S2/c1-17-8(11)4-5-9(12)18-7-6-10(19(2,13)14)20(3,15)16/h4-5H,6-7H2,1-3H3. The first-order valence-corrected chi connectivity index (χ1v) is 8.79. The summed E-state index contributed by atoms with van der Waals surface area (Å²) in [7, 11) is -6.86. The average molecular weight is 329 g/mol. The molecule has 0 radical (unpaired) electrons.